The van der Waals surface area contributed by atoms with Crippen molar-refractivity contribution in [1.29, 1.82) is 0 Å². The number of ether oxygens (including phenoxy) is 4. The molecule has 6 nitrogen and oxygen atoms in total. The summed E-state index contributed by atoms with van der Waals surface area (Å²) in [5.41, 5.74) is 0. The Hall–Kier alpha value is -1.66. The van der Waals surface area contributed by atoms with Gasteiger partial charge >= 0.3 is 0 Å². The van der Waals surface area contributed by atoms with Crippen LogP contribution in [0.25, 0.3) is 0 Å². The van der Waals surface area contributed by atoms with Crippen molar-refractivity contribution in [3.63, 3.8) is 0 Å². The second-order valence-corrected chi connectivity index (χ2v) is 2.89. The Kier molecular flexibility index (Phi) is 4.68. The van der Waals surface area contributed by atoms with E-state index in [0.717, 1.165) is 0 Å². The molecule has 0 amide bonds. The summed E-state index contributed by atoms with van der Waals surface area (Å²) in [5.74, 6) is -0.237. The fourth-order valence-corrected chi connectivity index (χ4v) is 1.05. The lowest BCUT2D eigenvalue weighted by molar-refractivity contribution is 0.0448. The molecule has 6 heteroatoms. The fourth-order valence-electron chi connectivity index (χ4n) is 1.05. The smallest absolute Gasteiger partial charge is 0.205 e. The van der Waals surface area contributed by atoms with E-state index in [0.29, 0.717) is 0 Å². The van der Waals surface area contributed by atoms with Crippen molar-refractivity contribution >= 4 is 0 Å². The number of hydrogen-bond acceptors (Lipinski definition) is 6. The first-order valence-electron chi connectivity index (χ1n) is 4.48. The summed E-state index contributed by atoms with van der Waals surface area (Å²) >= 11 is 0. The number of benzene rings is 1. The van der Waals surface area contributed by atoms with Crippen LogP contribution < -0.4 is 9.47 Å². The van der Waals surface area contributed by atoms with Gasteiger partial charge in [0, 0.05) is 26.4 Å². The molecular formula is C10H14O6. The summed E-state index contributed by atoms with van der Waals surface area (Å²) in [7, 11) is 2.90. The third-order valence-electron chi connectivity index (χ3n) is 1.69. The average molecular weight is 230 g/mol. The molecule has 0 aromatic heterocycles. The fraction of sp³-hybridized carbons (Fsp3) is 0.400. The van der Waals surface area contributed by atoms with Crippen LogP contribution in [0.2, 0.25) is 0 Å². The largest absolute Gasteiger partial charge is 0.504 e. The highest BCUT2D eigenvalue weighted by atomic mass is 16.7. The first-order chi connectivity index (χ1) is 7.69. The average Bonchev–Trinajstić information content (AvgIpc) is 2.25. The standard InChI is InChI=1S/C10H14O6/c1-13-5-15-7-3-8(11)10(9(12)4-7)16-6-14-2/h3-4,11-12H,5-6H2,1-2H3. The van der Waals surface area contributed by atoms with E-state index in [2.05, 4.69) is 9.47 Å². The van der Waals surface area contributed by atoms with Crippen molar-refractivity contribution in [2.24, 2.45) is 0 Å². The Balaban J connectivity index is 2.80. The number of rotatable bonds is 6. The zero-order chi connectivity index (χ0) is 12.0. The molecule has 1 aromatic rings. The van der Waals surface area contributed by atoms with Crippen LogP contribution in [0.5, 0.6) is 23.0 Å². The van der Waals surface area contributed by atoms with Gasteiger partial charge in [-0.15, -0.1) is 0 Å². The molecule has 0 bridgehead atoms. The van der Waals surface area contributed by atoms with E-state index in [1.54, 1.807) is 0 Å². The predicted molar refractivity (Wildman–Crippen MR) is 54.8 cm³/mol. The molecule has 0 aliphatic carbocycles. The molecule has 0 saturated heterocycles. The van der Waals surface area contributed by atoms with E-state index in [1.807, 2.05) is 0 Å². The highest BCUT2D eigenvalue weighted by molar-refractivity contribution is 5.54. The van der Waals surface area contributed by atoms with Crippen molar-refractivity contribution in [2.75, 3.05) is 27.8 Å². The minimum absolute atomic E-state index is 0.0250. The third-order valence-corrected chi connectivity index (χ3v) is 1.69. The normalized spacial score (nSPS) is 10.1. The zero-order valence-electron chi connectivity index (χ0n) is 9.10. The van der Waals surface area contributed by atoms with Crippen LogP contribution in [0, 0.1) is 0 Å². The Bertz CT molecular complexity index is 315. The van der Waals surface area contributed by atoms with Crippen LogP contribution in [0.4, 0.5) is 0 Å². The summed E-state index contributed by atoms with van der Waals surface area (Å²) < 4.78 is 19.4. The second-order valence-electron chi connectivity index (χ2n) is 2.89. The van der Waals surface area contributed by atoms with Gasteiger partial charge < -0.3 is 29.2 Å². The highest BCUT2D eigenvalue weighted by Crippen LogP contribution is 2.39. The quantitative estimate of drug-likeness (QED) is 0.711. The molecule has 90 valence electrons. The van der Waals surface area contributed by atoms with Crippen molar-refractivity contribution in [2.45, 2.75) is 0 Å². The van der Waals surface area contributed by atoms with Crippen LogP contribution in [0.3, 0.4) is 0 Å². The molecule has 16 heavy (non-hydrogen) atoms. The van der Waals surface area contributed by atoms with E-state index < -0.39 is 0 Å². The summed E-state index contributed by atoms with van der Waals surface area (Å²) in [5, 5.41) is 19.1. The van der Waals surface area contributed by atoms with Gasteiger partial charge in [-0.1, -0.05) is 0 Å². The van der Waals surface area contributed by atoms with Gasteiger partial charge in [-0.3, -0.25) is 0 Å². The van der Waals surface area contributed by atoms with Gasteiger partial charge in [-0.2, -0.15) is 0 Å². The molecule has 0 fully saturated rings. The van der Waals surface area contributed by atoms with Crippen LogP contribution in [0.15, 0.2) is 12.1 Å². The molecule has 0 saturated carbocycles. The van der Waals surface area contributed by atoms with Gasteiger partial charge in [-0.05, 0) is 0 Å². The van der Waals surface area contributed by atoms with Gasteiger partial charge in [0.05, 0.1) is 0 Å². The molecule has 0 aliphatic heterocycles. The predicted octanol–water partition coefficient (Wildman–Crippen LogP) is 1.06. The molecule has 0 unspecified atom stereocenters. The second kappa shape index (κ2) is 6.04. The van der Waals surface area contributed by atoms with Gasteiger partial charge in [0.2, 0.25) is 5.75 Å². The summed E-state index contributed by atoms with van der Waals surface area (Å²) in [6.07, 6.45) is 0. The number of phenolic OH excluding ortho intramolecular Hbond substituents is 2. The third kappa shape index (κ3) is 3.18. The molecular weight excluding hydrogens is 216 g/mol. The van der Waals surface area contributed by atoms with Crippen LogP contribution in [0.1, 0.15) is 0 Å². The molecule has 1 rings (SSSR count). The van der Waals surface area contributed by atoms with Gasteiger partial charge in [0.15, 0.2) is 25.1 Å². The molecule has 0 spiro atoms. The maximum absolute atomic E-state index is 9.54. The van der Waals surface area contributed by atoms with Gasteiger partial charge in [-0.25, -0.2) is 0 Å². The summed E-state index contributed by atoms with van der Waals surface area (Å²) in [6.45, 7) is -0.0451. The van der Waals surface area contributed by atoms with Gasteiger partial charge in [0.25, 0.3) is 0 Å². The first-order valence-corrected chi connectivity index (χ1v) is 4.48. The Morgan fingerprint density at radius 1 is 0.938 bits per heavy atom. The van der Waals surface area contributed by atoms with Crippen LogP contribution >= 0.6 is 0 Å². The van der Waals surface area contributed by atoms with E-state index in [9.17, 15) is 10.2 Å². The van der Waals surface area contributed by atoms with Crippen molar-refractivity contribution in [3.05, 3.63) is 12.1 Å². The molecule has 0 atom stereocenters. The van der Waals surface area contributed by atoms with Crippen molar-refractivity contribution in [3.8, 4) is 23.0 Å². The lowest BCUT2D eigenvalue weighted by atomic mass is 10.3. The minimum Gasteiger partial charge on any atom is -0.504 e. The first kappa shape index (κ1) is 12.4. The number of hydrogen-bond donors (Lipinski definition) is 2. The Labute approximate surface area is 92.9 Å². The zero-order valence-corrected chi connectivity index (χ0v) is 9.10. The minimum atomic E-state index is -0.233. The molecule has 0 aliphatic rings. The number of aromatic hydroxyl groups is 2. The van der Waals surface area contributed by atoms with Gasteiger partial charge in [0.1, 0.15) is 5.75 Å². The number of methoxy groups -OCH3 is 2. The molecule has 0 heterocycles. The summed E-state index contributed by atoms with van der Waals surface area (Å²) in [4.78, 5) is 0. The summed E-state index contributed by atoms with van der Waals surface area (Å²) in [6, 6.07) is 2.62. The Morgan fingerprint density at radius 2 is 1.44 bits per heavy atom. The number of phenols is 2. The Morgan fingerprint density at radius 3 is 1.94 bits per heavy atom. The molecule has 1 aromatic carbocycles. The van der Waals surface area contributed by atoms with Crippen molar-refractivity contribution < 1.29 is 29.2 Å². The topological polar surface area (TPSA) is 77.4 Å². The SMILES string of the molecule is COCOc1cc(O)c(OCOC)c(O)c1. The maximum atomic E-state index is 9.54. The van der Waals surface area contributed by atoms with Crippen LogP contribution in [-0.2, 0) is 9.47 Å². The van der Waals surface area contributed by atoms with E-state index in [4.69, 9.17) is 9.47 Å². The molecule has 0 radical (unpaired) electrons. The highest BCUT2D eigenvalue weighted by Gasteiger charge is 2.11. The van der Waals surface area contributed by atoms with E-state index in [1.165, 1.54) is 26.4 Å². The lowest BCUT2D eigenvalue weighted by Crippen LogP contribution is -2.01. The van der Waals surface area contributed by atoms with Crippen molar-refractivity contribution in [1.82, 2.24) is 0 Å². The van der Waals surface area contributed by atoms with E-state index in [-0.39, 0.29) is 36.6 Å². The lowest BCUT2D eigenvalue weighted by Gasteiger charge is -2.11. The van der Waals surface area contributed by atoms with E-state index >= 15 is 0 Å². The molecule has 2 N–H and O–H groups in total. The maximum Gasteiger partial charge on any atom is 0.205 e. The van der Waals surface area contributed by atoms with Crippen LogP contribution in [-0.4, -0.2) is 38.0 Å². The monoisotopic (exact) mass is 230 g/mol.